The van der Waals surface area contributed by atoms with Crippen molar-refractivity contribution in [1.29, 1.82) is 0 Å². The number of pyridine rings is 1. The van der Waals surface area contributed by atoms with E-state index in [9.17, 15) is 35.5 Å². The molecule has 1 spiro atoms. The molecule has 2 saturated heterocycles. The first-order chi connectivity index (χ1) is 15.7. The first-order valence-electron chi connectivity index (χ1n) is 10.1. The summed E-state index contributed by atoms with van der Waals surface area (Å²) < 4.78 is 100. The van der Waals surface area contributed by atoms with Crippen LogP contribution in [0.2, 0.25) is 0 Å². The number of amides is 1. The number of hydrogen-bond acceptors (Lipinski definition) is 5. The number of ether oxygens (including phenoxy) is 1. The number of rotatable bonds is 3. The fourth-order valence-electron chi connectivity index (χ4n) is 3.93. The molecule has 2 fully saturated rings. The zero-order valence-electron chi connectivity index (χ0n) is 17.9. The van der Waals surface area contributed by atoms with Gasteiger partial charge in [-0.3, -0.25) is 4.90 Å². The minimum atomic E-state index is -5.24. The highest BCUT2D eigenvalue weighted by Gasteiger charge is 2.50. The third-order valence-electron chi connectivity index (χ3n) is 5.91. The van der Waals surface area contributed by atoms with Crippen LogP contribution >= 0.6 is 0 Å². The smallest absolute Gasteiger partial charge is 0.407 e. The molecule has 4 rings (SSSR count). The van der Waals surface area contributed by atoms with Crippen LogP contribution in [0.1, 0.15) is 16.8 Å². The molecule has 184 valence electrons. The van der Waals surface area contributed by atoms with E-state index in [1.165, 1.54) is 11.8 Å². The van der Waals surface area contributed by atoms with Gasteiger partial charge in [0.2, 0.25) is 0 Å². The van der Waals surface area contributed by atoms with E-state index in [0.29, 0.717) is 19.2 Å². The summed E-state index contributed by atoms with van der Waals surface area (Å²) in [7, 11) is 1.14. The quantitative estimate of drug-likeness (QED) is 0.635. The summed E-state index contributed by atoms with van der Waals surface area (Å²) in [5.74, 6) is -1.81. The van der Waals surface area contributed by atoms with E-state index in [2.05, 4.69) is 10.3 Å². The van der Waals surface area contributed by atoms with Crippen molar-refractivity contribution in [3.63, 3.8) is 0 Å². The third kappa shape index (κ3) is 4.36. The molecule has 1 aromatic carbocycles. The molecule has 0 bridgehead atoms. The Balaban J connectivity index is 1.74. The number of carbonyl (C=O) groups is 1. The van der Waals surface area contributed by atoms with Crippen LogP contribution in [-0.2, 0) is 12.4 Å². The van der Waals surface area contributed by atoms with Gasteiger partial charge < -0.3 is 15.0 Å². The molecule has 0 radical (unpaired) electrons. The molecule has 2 aliphatic heterocycles. The Morgan fingerprint density at radius 1 is 1.12 bits per heavy atom. The zero-order valence-corrected chi connectivity index (χ0v) is 17.9. The molecule has 6 nitrogen and oxygen atoms in total. The van der Waals surface area contributed by atoms with Gasteiger partial charge in [0.1, 0.15) is 17.2 Å². The predicted molar refractivity (Wildman–Crippen MR) is 107 cm³/mol. The van der Waals surface area contributed by atoms with E-state index in [4.69, 9.17) is 4.74 Å². The van der Waals surface area contributed by atoms with Crippen LogP contribution in [0.4, 0.5) is 47.0 Å². The maximum atomic E-state index is 13.8. The van der Waals surface area contributed by atoms with Gasteiger partial charge in [-0.05, 0) is 31.2 Å². The number of nitrogens with zero attached hydrogens (tertiary/aromatic N) is 3. The standard InChI is InChI=1S/C21H19F7N4O2/c1-11-14(22)3-4-16(30-11)31(2)18(33)34-17-13(21(26,27)28)5-12(20(23,24)25)6-15(17)32-9-19(10-32)7-29-8-19/h3-6,29H,7-10H2,1-2H3. The molecular formula is C21H19F7N4O2. The summed E-state index contributed by atoms with van der Waals surface area (Å²) >= 11 is 0. The van der Waals surface area contributed by atoms with Gasteiger partial charge in [-0.15, -0.1) is 0 Å². The SMILES string of the molecule is Cc1nc(N(C)C(=O)Oc2c(N3CC4(CNC4)C3)cc(C(F)(F)F)cc2C(F)(F)F)ccc1F. The third-order valence-corrected chi connectivity index (χ3v) is 5.91. The molecule has 0 atom stereocenters. The number of carbonyl (C=O) groups excluding carboxylic acids is 1. The summed E-state index contributed by atoms with van der Waals surface area (Å²) in [6.45, 7) is 2.90. The van der Waals surface area contributed by atoms with Crippen molar-refractivity contribution < 1.29 is 40.3 Å². The van der Waals surface area contributed by atoms with Crippen molar-refractivity contribution in [3.05, 3.63) is 46.9 Å². The van der Waals surface area contributed by atoms with E-state index in [1.807, 2.05) is 0 Å². The van der Waals surface area contributed by atoms with Crippen LogP contribution in [0.3, 0.4) is 0 Å². The Kier molecular flexibility index (Phi) is 5.66. The number of halogens is 7. The van der Waals surface area contributed by atoms with Gasteiger partial charge in [0, 0.05) is 38.6 Å². The van der Waals surface area contributed by atoms with Crippen molar-refractivity contribution in [2.75, 3.05) is 43.0 Å². The van der Waals surface area contributed by atoms with Crippen molar-refractivity contribution in [3.8, 4) is 5.75 Å². The predicted octanol–water partition coefficient (Wildman–Crippen LogP) is 4.61. The minimum absolute atomic E-state index is 0.0664. The molecule has 1 N–H and O–H groups in total. The molecule has 1 aromatic heterocycles. The molecule has 13 heteroatoms. The molecule has 34 heavy (non-hydrogen) atoms. The van der Waals surface area contributed by atoms with Gasteiger partial charge in [0.15, 0.2) is 5.75 Å². The Labute approximate surface area is 189 Å². The molecule has 0 aliphatic carbocycles. The van der Waals surface area contributed by atoms with Crippen molar-refractivity contribution in [2.24, 2.45) is 5.41 Å². The monoisotopic (exact) mass is 492 g/mol. The summed E-state index contributed by atoms with van der Waals surface area (Å²) in [6, 6.07) is 2.60. The van der Waals surface area contributed by atoms with Crippen molar-refractivity contribution >= 4 is 17.6 Å². The lowest BCUT2D eigenvalue weighted by Gasteiger charge is -2.57. The zero-order chi connectivity index (χ0) is 25.1. The summed E-state index contributed by atoms with van der Waals surface area (Å²) in [6.07, 6.45) is -11.6. The van der Waals surface area contributed by atoms with Crippen LogP contribution in [0.15, 0.2) is 24.3 Å². The number of alkyl halides is 6. The average Bonchev–Trinajstić information content (AvgIpc) is 2.66. The Morgan fingerprint density at radius 3 is 2.26 bits per heavy atom. The number of aryl methyl sites for hydroxylation is 1. The van der Waals surface area contributed by atoms with Crippen molar-refractivity contribution in [2.45, 2.75) is 19.3 Å². The van der Waals surface area contributed by atoms with Gasteiger partial charge >= 0.3 is 18.4 Å². The Morgan fingerprint density at radius 2 is 1.76 bits per heavy atom. The second kappa shape index (κ2) is 8.00. The lowest BCUT2D eigenvalue weighted by molar-refractivity contribution is -0.143. The molecular weight excluding hydrogens is 473 g/mol. The highest BCUT2D eigenvalue weighted by molar-refractivity contribution is 5.89. The van der Waals surface area contributed by atoms with E-state index in [1.54, 1.807) is 0 Å². The van der Waals surface area contributed by atoms with E-state index in [-0.39, 0.29) is 36.1 Å². The number of benzene rings is 1. The molecule has 3 heterocycles. The number of nitrogens with one attached hydrogen (secondary N) is 1. The van der Waals surface area contributed by atoms with E-state index >= 15 is 0 Å². The van der Waals surface area contributed by atoms with Gasteiger partial charge in [-0.25, -0.2) is 14.2 Å². The molecule has 2 aromatic rings. The molecule has 1 amide bonds. The van der Waals surface area contributed by atoms with Gasteiger partial charge in [-0.2, -0.15) is 26.3 Å². The molecule has 2 aliphatic rings. The van der Waals surface area contributed by atoms with Crippen LogP contribution in [-0.4, -0.2) is 44.3 Å². The maximum absolute atomic E-state index is 13.8. The second-order valence-corrected chi connectivity index (χ2v) is 8.49. The Hall–Kier alpha value is -3.09. The highest BCUT2D eigenvalue weighted by Crippen LogP contribution is 2.49. The van der Waals surface area contributed by atoms with E-state index < -0.39 is 46.8 Å². The lowest BCUT2D eigenvalue weighted by atomic mass is 9.74. The average molecular weight is 492 g/mol. The topological polar surface area (TPSA) is 57.7 Å². The van der Waals surface area contributed by atoms with Gasteiger partial charge in [-0.1, -0.05) is 0 Å². The van der Waals surface area contributed by atoms with Crippen molar-refractivity contribution in [1.82, 2.24) is 10.3 Å². The van der Waals surface area contributed by atoms with Crippen LogP contribution in [0.5, 0.6) is 5.75 Å². The first-order valence-corrected chi connectivity index (χ1v) is 10.1. The van der Waals surface area contributed by atoms with Crippen LogP contribution < -0.4 is 19.9 Å². The van der Waals surface area contributed by atoms with Crippen LogP contribution in [0, 0.1) is 18.2 Å². The molecule has 0 unspecified atom stereocenters. The fraction of sp³-hybridized carbons (Fsp3) is 0.429. The van der Waals surface area contributed by atoms with E-state index in [0.717, 1.165) is 24.1 Å². The second-order valence-electron chi connectivity index (χ2n) is 8.49. The summed E-state index contributed by atoms with van der Waals surface area (Å²) in [5, 5.41) is 3.02. The maximum Gasteiger partial charge on any atom is 0.420 e. The first kappa shape index (κ1) is 24.0. The largest absolute Gasteiger partial charge is 0.420 e. The van der Waals surface area contributed by atoms with Crippen LogP contribution in [0.25, 0.3) is 0 Å². The Bertz CT molecular complexity index is 1120. The fourth-order valence-corrected chi connectivity index (χ4v) is 3.93. The normalized spacial score (nSPS) is 17.3. The van der Waals surface area contributed by atoms with Gasteiger partial charge in [0.05, 0.1) is 16.9 Å². The number of anilines is 2. The lowest BCUT2D eigenvalue weighted by Crippen LogP contribution is -2.71. The summed E-state index contributed by atoms with van der Waals surface area (Å²) in [4.78, 5) is 18.6. The van der Waals surface area contributed by atoms with Gasteiger partial charge in [0.25, 0.3) is 0 Å². The highest BCUT2D eigenvalue weighted by atomic mass is 19.4. The summed E-state index contributed by atoms with van der Waals surface area (Å²) in [5.41, 5.74) is -4.02. The molecule has 0 saturated carbocycles. The number of aromatic nitrogens is 1. The minimum Gasteiger partial charge on any atom is -0.407 e. The number of hydrogen-bond donors (Lipinski definition) is 1.